The summed E-state index contributed by atoms with van der Waals surface area (Å²) in [5, 5.41) is 3.81. The van der Waals surface area contributed by atoms with Crippen LogP contribution in [0, 0.1) is 0 Å². The molecule has 0 aliphatic rings. The van der Waals surface area contributed by atoms with E-state index >= 15 is 0 Å². The minimum atomic E-state index is -1.80. The van der Waals surface area contributed by atoms with Crippen molar-refractivity contribution in [3.05, 3.63) is 18.5 Å². The number of hydrogen-bond acceptors (Lipinski definition) is 2. The Balaban J connectivity index is -0.000000720. The van der Waals surface area contributed by atoms with E-state index in [4.69, 9.17) is 4.43 Å². The molecule has 0 fully saturated rings. The Hall–Kier alpha value is 2.21. The van der Waals surface area contributed by atoms with E-state index in [0.717, 1.165) is 13.1 Å². The molecule has 0 aromatic carbocycles. The number of aromatic amines is 1. The summed E-state index contributed by atoms with van der Waals surface area (Å²) in [4.78, 5) is 3.89. The van der Waals surface area contributed by atoms with E-state index in [1.807, 2.05) is 12.3 Å². The van der Waals surface area contributed by atoms with Gasteiger partial charge in [-0.15, -0.1) is 4.68 Å². The van der Waals surface area contributed by atoms with Gasteiger partial charge in [-0.3, -0.25) is 0 Å². The van der Waals surface area contributed by atoms with Crippen molar-refractivity contribution >= 4 is 16.6 Å². The van der Waals surface area contributed by atoms with Crippen LogP contribution in [0.1, 0.15) is 41.5 Å². The van der Waals surface area contributed by atoms with Crippen LogP contribution in [0.5, 0.6) is 0 Å². The van der Waals surface area contributed by atoms with E-state index < -0.39 is 16.6 Å². The predicted molar refractivity (Wildman–Crippen MR) is 108 cm³/mol. The SMILES string of the molecule is CC(C)(C)[Si](C)(C)NC[C@H](C[n+]1ccc[nH]1)O[Si](C)(C)C(C)(C)C.[Pd+2].[Pd+2].[Pd+2].[Pd+2]. The molecule has 0 aliphatic heterocycles. The van der Waals surface area contributed by atoms with Crippen molar-refractivity contribution in [2.24, 2.45) is 0 Å². The zero-order valence-corrected chi connectivity index (χ0v) is 27.1. The number of nitrogens with zero attached hydrogens (tertiary/aromatic N) is 1. The van der Waals surface area contributed by atoms with Crippen molar-refractivity contribution in [3.63, 3.8) is 0 Å². The Bertz CT molecular complexity index is 516. The van der Waals surface area contributed by atoms with Crippen molar-refractivity contribution in [2.75, 3.05) is 6.54 Å². The monoisotopic (exact) mass is 794 g/mol. The normalized spacial score (nSPS) is 13.4. The van der Waals surface area contributed by atoms with Gasteiger partial charge in [0.1, 0.15) is 14.3 Å². The molecule has 0 bridgehead atoms. The summed E-state index contributed by atoms with van der Waals surface area (Å²) in [6, 6.07) is 2.03. The molecule has 1 rings (SSSR count). The van der Waals surface area contributed by atoms with Crippen LogP contribution >= 0.6 is 0 Å². The van der Waals surface area contributed by atoms with Crippen LogP contribution in [0.25, 0.3) is 0 Å². The van der Waals surface area contributed by atoms with Gasteiger partial charge in [0.25, 0.3) is 0 Å². The maximum atomic E-state index is 6.74. The van der Waals surface area contributed by atoms with Crippen LogP contribution in [-0.4, -0.2) is 34.3 Å². The van der Waals surface area contributed by atoms with Crippen molar-refractivity contribution in [3.8, 4) is 0 Å². The molecule has 4 nitrogen and oxygen atoms in total. The molecule has 1 aromatic rings. The van der Waals surface area contributed by atoms with Crippen LogP contribution in [0.3, 0.4) is 0 Å². The Morgan fingerprint density at radius 3 is 1.79 bits per heavy atom. The predicted octanol–water partition coefficient (Wildman–Crippen LogP) is 4.28. The molecular formula is C18H40N3OPd4Si2+9. The zero-order chi connectivity index (χ0) is 18.8. The van der Waals surface area contributed by atoms with Gasteiger partial charge >= 0.3 is 81.7 Å². The summed E-state index contributed by atoms with van der Waals surface area (Å²) in [7, 11) is -3.32. The van der Waals surface area contributed by atoms with Crippen molar-refractivity contribution in [1.82, 2.24) is 10.1 Å². The molecule has 0 unspecified atom stereocenters. The molecule has 0 amide bonds. The number of nitrogens with one attached hydrogen (secondary N) is 2. The molecule has 0 saturated carbocycles. The van der Waals surface area contributed by atoms with Gasteiger partial charge in [0.05, 0.1) is 6.20 Å². The topological polar surface area (TPSA) is 40.9 Å². The molecule has 1 heterocycles. The largest absolute Gasteiger partial charge is 2.00 e. The second kappa shape index (κ2) is 14.4. The summed E-state index contributed by atoms with van der Waals surface area (Å²) in [5.41, 5.74) is 0. The molecule has 0 saturated heterocycles. The molecular weight excluding hydrogens is 756 g/mol. The van der Waals surface area contributed by atoms with Crippen LogP contribution in [-0.2, 0) is 92.7 Å². The summed E-state index contributed by atoms with van der Waals surface area (Å²) >= 11 is 0. The van der Waals surface area contributed by atoms with Gasteiger partial charge in [0.15, 0.2) is 21.1 Å². The van der Waals surface area contributed by atoms with Crippen LogP contribution in [0.15, 0.2) is 18.5 Å². The number of rotatable bonds is 7. The minimum absolute atomic E-state index is 0. The van der Waals surface area contributed by atoms with E-state index in [1.165, 1.54) is 0 Å². The molecule has 0 radical (unpaired) electrons. The van der Waals surface area contributed by atoms with Crippen LogP contribution in [0.4, 0.5) is 0 Å². The molecule has 172 valence electrons. The third-order valence-corrected chi connectivity index (χ3v) is 15.3. The molecule has 28 heavy (non-hydrogen) atoms. The fourth-order valence-corrected chi connectivity index (χ4v) is 4.65. The van der Waals surface area contributed by atoms with Gasteiger partial charge in [-0.2, -0.15) is 5.10 Å². The second-order valence-corrected chi connectivity index (χ2v) is 19.9. The average Bonchev–Trinajstić information content (AvgIpc) is 2.85. The maximum Gasteiger partial charge on any atom is 2.00 e. The summed E-state index contributed by atoms with van der Waals surface area (Å²) in [6.07, 6.45) is 4.22. The quantitative estimate of drug-likeness (QED) is 0.320. The number of aromatic nitrogens is 2. The molecule has 2 N–H and O–H groups in total. The zero-order valence-electron chi connectivity index (χ0n) is 18.8. The van der Waals surface area contributed by atoms with Crippen LogP contribution in [0.2, 0.25) is 36.3 Å². The Labute approximate surface area is 230 Å². The number of H-pyrrole nitrogens is 1. The van der Waals surface area contributed by atoms with Crippen molar-refractivity contribution in [1.29, 1.82) is 0 Å². The first-order valence-corrected chi connectivity index (χ1v) is 15.0. The standard InChI is InChI=1S/C18H39N3OSi2.4Pd/c1-17(2,3)23(7,8)20-14-16(15-21-13-11-12-19-21)22-24(9,10)18(4,5)6;;;;/h11-13,16,20H,14-15H2,1-10H3;;;;/q;4*+2/p+1/t16-;;;;/m1..../s1. The van der Waals surface area contributed by atoms with Gasteiger partial charge in [-0.25, -0.2) is 0 Å². The molecule has 0 spiro atoms. The van der Waals surface area contributed by atoms with Crippen LogP contribution < -0.4 is 9.66 Å². The van der Waals surface area contributed by atoms with Gasteiger partial charge in [0.2, 0.25) is 0 Å². The summed E-state index contributed by atoms with van der Waals surface area (Å²) in [6.45, 7) is 25.2. The van der Waals surface area contributed by atoms with Gasteiger partial charge in [-0.1, -0.05) is 54.6 Å². The van der Waals surface area contributed by atoms with Gasteiger partial charge in [-0.05, 0) is 23.2 Å². The van der Waals surface area contributed by atoms with Gasteiger partial charge in [0, 0.05) is 12.6 Å². The first-order chi connectivity index (χ1) is 10.7. The fraction of sp³-hybridized carbons (Fsp3) is 0.833. The van der Waals surface area contributed by atoms with Crippen molar-refractivity contribution < 1.29 is 90.8 Å². The second-order valence-electron chi connectivity index (χ2n) is 10.0. The van der Waals surface area contributed by atoms with E-state index in [-0.39, 0.29) is 92.8 Å². The third-order valence-electron chi connectivity index (χ3n) is 5.92. The van der Waals surface area contributed by atoms with Crippen molar-refractivity contribution in [2.45, 2.75) is 90.5 Å². The molecule has 1 atom stereocenters. The van der Waals surface area contributed by atoms with Gasteiger partial charge < -0.3 is 9.41 Å². The third kappa shape index (κ3) is 11.7. The molecule has 0 aliphatic carbocycles. The molecule has 1 aromatic heterocycles. The van der Waals surface area contributed by atoms with E-state index in [2.05, 4.69) is 88.7 Å². The minimum Gasteiger partial charge on any atom is -0.406 e. The van der Waals surface area contributed by atoms with E-state index in [9.17, 15) is 0 Å². The molecule has 10 heteroatoms. The fourth-order valence-electron chi connectivity index (χ4n) is 2.03. The number of hydrogen-bond donors (Lipinski definition) is 2. The first-order valence-electron chi connectivity index (χ1n) is 9.11. The maximum absolute atomic E-state index is 6.74. The summed E-state index contributed by atoms with van der Waals surface area (Å²) < 4.78 is 8.86. The Morgan fingerprint density at radius 1 is 0.929 bits per heavy atom. The Morgan fingerprint density at radius 2 is 1.43 bits per heavy atom. The summed E-state index contributed by atoms with van der Waals surface area (Å²) in [5.74, 6) is 0. The smallest absolute Gasteiger partial charge is 0.406 e. The van der Waals surface area contributed by atoms with E-state index in [0.29, 0.717) is 5.04 Å². The van der Waals surface area contributed by atoms with E-state index in [1.54, 1.807) is 0 Å². The Kier molecular flexibility index (Phi) is 19.3. The average molecular weight is 796 g/mol. The first kappa shape index (κ1) is 37.5.